The van der Waals surface area contributed by atoms with Crippen LogP contribution in [-0.2, 0) is 4.79 Å². The van der Waals surface area contributed by atoms with Crippen LogP contribution in [0.2, 0.25) is 0 Å². The molecular weight excluding hydrogens is 304 g/mol. The molecule has 0 aliphatic carbocycles. The molecule has 1 saturated heterocycles. The molecule has 1 amide bonds. The second-order valence-electron chi connectivity index (χ2n) is 6.10. The van der Waals surface area contributed by atoms with Gasteiger partial charge in [0.05, 0.1) is 11.7 Å². The van der Waals surface area contributed by atoms with Gasteiger partial charge in [-0.2, -0.15) is 0 Å². The molecule has 1 fully saturated rings. The molecule has 6 heteroatoms. The van der Waals surface area contributed by atoms with E-state index in [1.807, 2.05) is 6.07 Å². The number of anilines is 1. The van der Waals surface area contributed by atoms with Crippen molar-refractivity contribution in [2.24, 2.45) is 5.92 Å². The largest absolute Gasteiger partial charge is 0.506 e. The highest BCUT2D eigenvalue weighted by atomic mass is 16.3. The molecule has 2 N–H and O–H groups in total. The van der Waals surface area contributed by atoms with E-state index in [0.717, 1.165) is 31.8 Å². The number of aromatic nitrogens is 2. The minimum absolute atomic E-state index is 0.0280. The summed E-state index contributed by atoms with van der Waals surface area (Å²) in [6.45, 7) is 3.76. The van der Waals surface area contributed by atoms with Crippen LogP contribution in [0.4, 0.5) is 5.69 Å². The lowest BCUT2D eigenvalue weighted by molar-refractivity contribution is -0.121. The maximum atomic E-state index is 12.4. The Morgan fingerprint density at radius 2 is 1.88 bits per heavy atom. The molecule has 0 radical (unpaired) electrons. The fourth-order valence-electron chi connectivity index (χ4n) is 3.05. The molecule has 0 bridgehead atoms. The monoisotopic (exact) mass is 326 g/mol. The van der Waals surface area contributed by atoms with Gasteiger partial charge in [0.1, 0.15) is 11.6 Å². The van der Waals surface area contributed by atoms with Crippen LogP contribution in [0, 0.1) is 5.92 Å². The number of nitrogens with zero attached hydrogens (tertiary/aromatic N) is 3. The van der Waals surface area contributed by atoms with Gasteiger partial charge in [0.15, 0.2) is 0 Å². The van der Waals surface area contributed by atoms with Gasteiger partial charge in [-0.05, 0) is 51.1 Å². The Labute approximate surface area is 141 Å². The van der Waals surface area contributed by atoms with Gasteiger partial charge in [0, 0.05) is 18.3 Å². The van der Waals surface area contributed by atoms with Crippen LogP contribution in [0.3, 0.4) is 0 Å². The fourth-order valence-corrected chi connectivity index (χ4v) is 3.05. The molecule has 3 rings (SSSR count). The van der Waals surface area contributed by atoms with Crippen LogP contribution >= 0.6 is 0 Å². The molecule has 24 heavy (non-hydrogen) atoms. The Balaban J connectivity index is 1.55. The average molecular weight is 326 g/mol. The van der Waals surface area contributed by atoms with Crippen molar-refractivity contribution in [1.82, 2.24) is 14.9 Å². The number of para-hydroxylation sites is 2. The number of phenolic OH excluding ortho intramolecular Hbond substituents is 1. The normalized spacial score (nSPS) is 17.4. The van der Waals surface area contributed by atoms with Gasteiger partial charge in [-0.1, -0.05) is 12.1 Å². The number of phenols is 1. The zero-order chi connectivity index (χ0) is 16.9. The number of carbonyl (C=O) groups excluding carboxylic acids is 1. The van der Waals surface area contributed by atoms with Gasteiger partial charge in [-0.25, -0.2) is 9.97 Å². The smallest absolute Gasteiger partial charge is 0.227 e. The molecule has 6 nitrogen and oxygen atoms in total. The number of piperidine rings is 1. The van der Waals surface area contributed by atoms with E-state index >= 15 is 0 Å². The third-order valence-corrected chi connectivity index (χ3v) is 4.57. The highest BCUT2D eigenvalue weighted by Crippen LogP contribution is 2.27. The number of nitrogens with one attached hydrogen (secondary N) is 1. The molecular formula is C18H22N4O2. The molecule has 2 heterocycles. The first-order valence-corrected chi connectivity index (χ1v) is 8.25. The summed E-state index contributed by atoms with van der Waals surface area (Å²) in [6.07, 6.45) is 5.09. The van der Waals surface area contributed by atoms with E-state index < -0.39 is 0 Å². The van der Waals surface area contributed by atoms with Crippen LogP contribution in [0.15, 0.2) is 42.7 Å². The number of likely N-dealkylation sites (tertiary alicyclic amines) is 1. The minimum atomic E-state index is -0.0373. The Morgan fingerprint density at radius 3 is 2.54 bits per heavy atom. The Hall–Kier alpha value is -2.47. The summed E-state index contributed by atoms with van der Waals surface area (Å²) in [5.74, 6) is 0.845. The van der Waals surface area contributed by atoms with E-state index in [2.05, 4.69) is 27.1 Å². The number of hydrogen-bond acceptors (Lipinski definition) is 5. The third-order valence-electron chi connectivity index (χ3n) is 4.57. The molecule has 1 unspecified atom stereocenters. The second kappa shape index (κ2) is 7.40. The summed E-state index contributed by atoms with van der Waals surface area (Å²) in [4.78, 5) is 23.3. The number of benzene rings is 1. The first kappa shape index (κ1) is 16.4. The standard InChI is InChI=1S/C18H22N4O2/c1-13(17-19-9-4-10-20-17)22-11-7-14(8-12-22)18(24)21-15-5-2-3-6-16(15)23/h2-6,9-10,13-14,23H,7-8,11-12H2,1H3,(H,21,24). The summed E-state index contributed by atoms with van der Waals surface area (Å²) in [5, 5.41) is 12.6. The van der Waals surface area contributed by atoms with E-state index in [4.69, 9.17) is 0 Å². The molecule has 1 aliphatic heterocycles. The lowest BCUT2D eigenvalue weighted by Crippen LogP contribution is -2.39. The van der Waals surface area contributed by atoms with Gasteiger partial charge in [-0.3, -0.25) is 9.69 Å². The number of amides is 1. The first-order chi connectivity index (χ1) is 11.6. The molecule has 0 saturated carbocycles. The summed E-state index contributed by atoms with van der Waals surface area (Å²) in [6, 6.07) is 8.76. The third kappa shape index (κ3) is 3.71. The van der Waals surface area contributed by atoms with Crippen molar-refractivity contribution in [2.45, 2.75) is 25.8 Å². The molecule has 1 aromatic heterocycles. The number of aromatic hydroxyl groups is 1. The summed E-state index contributed by atoms with van der Waals surface area (Å²) < 4.78 is 0. The minimum Gasteiger partial charge on any atom is -0.506 e. The van der Waals surface area contributed by atoms with E-state index in [-0.39, 0.29) is 23.6 Å². The van der Waals surface area contributed by atoms with Crippen molar-refractivity contribution in [2.75, 3.05) is 18.4 Å². The number of hydrogen-bond donors (Lipinski definition) is 2. The van der Waals surface area contributed by atoms with Crippen molar-refractivity contribution in [1.29, 1.82) is 0 Å². The van der Waals surface area contributed by atoms with Crippen LogP contribution in [0.1, 0.15) is 31.6 Å². The highest BCUT2D eigenvalue weighted by molar-refractivity contribution is 5.93. The van der Waals surface area contributed by atoms with Gasteiger partial charge in [0.2, 0.25) is 5.91 Å². The zero-order valence-corrected chi connectivity index (χ0v) is 13.7. The maximum absolute atomic E-state index is 12.4. The van der Waals surface area contributed by atoms with E-state index in [1.165, 1.54) is 0 Å². The van der Waals surface area contributed by atoms with Gasteiger partial charge >= 0.3 is 0 Å². The van der Waals surface area contributed by atoms with Gasteiger partial charge in [-0.15, -0.1) is 0 Å². The van der Waals surface area contributed by atoms with Crippen molar-refractivity contribution < 1.29 is 9.90 Å². The number of rotatable bonds is 4. The first-order valence-electron chi connectivity index (χ1n) is 8.25. The van der Waals surface area contributed by atoms with Crippen LogP contribution < -0.4 is 5.32 Å². The SMILES string of the molecule is CC(c1ncccn1)N1CCC(C(=O)Nc2ccccc2O)CC1. The summed E-state index contributed by atoms with van der Waals surface area (Å²) in [7, 11) is 0. The highest BCUT2D eigenvalue weighted by Gasteiger charge is 2.28. The predicted molar refractivity (Wildman–Crippen MR) is 91.5 cm³/mol. The van der Waals surface area contributed by atoms with Gasteiger partial charge in [0.25, 0.3) is 0 Å². The quantitative estimate of drug-likeness (QED) is 0.844. The van der Waals surface area contributed by atoms with Crippen LogP contribution in [0.25, 0.3) is 0 Å². The van der Waals surface area contributed by atoms with E-state index in [1.54, 1.807) is 36.7 Å². The summed E-state index contributed by atoms with van der Waals surface area (Å²) in [5.41, 5.74) is 0.469. The second-order valence-corrected chi connectivity index (χ2v) is 6.10. The fraction of sp³-hybridized carbons (Fsp3) is 0.389. The Morgan fingerprint density at radius 1 is 1.21 bits per heavy atom. The lowest BCUT2D eigenvalue weighted by Gasteiger charge is -2.34. The van der Waals surface area contributed by atoms with Gasteiger partial charge < -0.3 is 10.4 Å². The average Bonchev–Trinajstić information content (AvgIpc) is 2.64. The van der Waals surface area contributed by atoms with Crippen LogP contribution in [-0.4, -0.2) is 39.0 Å². The van der Waals surface area contributed by atoms with Crippen molar-refractivity contribution in [3.8, 4) is 5.75 Å². The maximum Gasteiger partial charge on any atom is 0.227 e. The van der Waals surface area contributed by atoms with Crippen molar-refractivity contribution in [3.63, 3.8) is 0 Å². The lowest BCUT2D eigenvalue weighted by atomic mass is 9.94. The molecule has 0 spiro atoms. The van der Waals surface area contributed by atoms with Crippen molar-refractivity contribution >= 4 is 11.6 Å². The molecule has 1 aromatic carbocycles. The Kier molecular flexibility index (Phi) is 5.05. The Bertz CT molecular complexity index is 684. The molecule has 1 aliphatic rings. The number of carbonyl (C=O) groups is 1. The van der Waals surface area contributed by atoms with Crippen LogP contribution in [0.5, 0.6) is 5.75 Å². The topological polar surface area (TPSA) is 78.4 Å². The predicted octanol–water partition coefficient (Wildman–Crippen LogP) is 2.59. The zero-order valence-electron chi connectivity index (χ0n) is 13.7. The molecule has 2 aromatic rings. The molecule has 1 atom stereocenters. The van der Waals surface area contributed by atoms with E-state index in [9.17, 15) is 9.90 Å². The van der Waals surface area contributed by atoms with E-state index in [0.29, 0.717) is 5.69 Å². The summed E-state index contributed by atoms with van der Waals surface area (Å²) >= 11 is 0. The molecule has 126 valence electrons. The van der Waals surface area contributed by atoms with Crippen molar-refractivity contribution in [3.05, 3.63) is 48.5 Å².